The van der Waals surface area contributed by atoms with Crippen LogP contribution in [0.2, 0.25) is 0 Å². The van der Waals surface area contributed by atoms with E-state index in [0.717, 1.165) is 5.76 Å². The third-order valence-corrected chi connectivity index (χ3v) is 0.962. The molecule has 0 fully saturated rings. The summed E-state index contributed by atoms with van der Waals surface area (Å²) < 4.78 is 4.91. The smallest absolute Gasteiger partial charge is 0.154 e. The Balaban J connectivity index is 0. The van der Waals surface area contributed by atoms with E-state index in [4.69, 9.17) is 4.74 Å². The second kappa shape index (κ2) is 13.0. The van der Waals surface area contributed by atoms with Crippen molar-refractivity contribution in [2.24, 2.45) is 0 Å². The molecule has 0 aliphatic rings. The van der Waals surface area contributed by atoms with Crippen LogP contribution in [0.5, 0.6) is 0 Å². The second-order valence-corrected chi connectivity index (χ2v) is 1.69. The molecule has 0 aliphatic carbocycles. The largest absolute Gasteiger partial charge is 0.454 e. The Morgan fingerprint density at radius 2 is 2.08 bits per heavy atom. The van der Waals surface area contributed by atoms with Gasteiger partial charge in [-0.2, -0.15) is 0 Å². The first-order valence-corrected chi connectivity index (χ1v) is 4.51. The first kappa shape index (κ1) is 14.0. The van der Waals surface area contributed by atoms with Gasteiger partial charge in [0.25, 0.3) is 0 Å². The fourth-order valence-electron chi connectivity index (χ4n) is 0.422. The number of thiocarbonyl (C=S) groups is 1. The molecule has 0 unspecified atom stereocenters. The van der Waals surface area contributed by atoms with E-state index in [-0.39, 0.29) is 0 Å². The highest BCUT2D eigenvalue weighted by molar-refractivity contribution is 7.78. The van der Waals surface area contributed by atoms with Gasteiger partial charge >= 0.3 is 0 Å². The standard InChI is InChI=1S/C8H10OS.CH3Cl/c1-3-5-6-8(4-2)9-7-10;1-2/h3-7H,1H2,2H3;1H3/b6-5-,8-4+;. The Kier molecular flexibility index (Phi) is 15.1. The van der Waals surface area contributed by atoms with Crippen molar-refractivity contribution in [3.63, 3.8) is 0 Å². The molecule has 0 amide bonds. The molecule has 12 heavy (non-hydrogen) atoms. The van der Waals surface area contributed by atoms with Crippen molar-refractivity contribution in [2.45, 2.75) is 6.92 Å². The van der Waals surface area contributed by atoms with E-state index in [1.165, 1.54) is 11.9 Å². The first-order chi connectivity index (χ1) is 5.85. The van der Waals surface area contributed by atoms with Gasteiger partial charge in [0.05, 0.1) is 0 Å². The zero-order chi connectivity index (χ0) is 9.82. The van der Waals surface area contributed by atoms with Crippen molar-refractivity contribution < 1.29 is 4.74 Å². The van der Waals surface area contributed by atoms with Gasteiger partial charge in [-0.15, -0.1) is 11.6 Å². The van der Waals surface area contributed by atoms with Crippen molar-refractivity contribution in [1.29, 1.82) is 0 Å². The molecule has 0 aliphatic heterocycles. The van der Waals surface area contributed by atoms with Gasteiger partial charge < -0.3 is 4.74 Å². The van der Waals surface area contributed by atoms with Crippen LogP contribution in [-0.4, -0.2) is 11.9 Å². The van der Waals surface area contributed by atoms with E-state index < -0.39 is 0 Å². The maximum absolute atomic E-state index is 4.91. The lowest BCUT2D eigenvalue weighted by molar-refractivity contribution is 0.463. The van der Waals surface area contributed by atoms with Crippen molar-refractivity contribution >= 4 is 29.4 Å². The zero-order valence-electron chi connectivity index (χ0n) is 7.29. The Morgan fingerprint density at radius 1 is 1.50 bits per heavy atom. The molecule has 0 aromatic rings. The molecule has 0 radical (unpaired) electrons. The van der Waals surface area contributed by atoms with Gasteiger partial charge in [-0.1, -0.05) is 18.7 Å². The monoisotopic (exact) mass is 204 g/mol. The molecule has 0 aromatic heterocycles. The summed E-state index contributed by atoms with van der Waals surface area (Å²) >= 11 is 9.14. The summed E-state index contributed by atoms with van der Waals surface area (Å²) in [7, 11) is 0. The third kappa shape index (κ3) is 9.40. The number of allylic oxidation sites excluding steroid dienone is 4. The van der Waals surface area contributed by atoms with Crippen LogP contribution < -0.4 is 0 Å². The predicted octanol–water partition coefficient (Wildman–Crippen LogP) is 3.46. The molecule has 0 saturated carbocycles. The van der Waals surface area contributed by atoms with Gasteiger partial charge in [0.2, 0.25) is 0 Å². The van der Waals surface area contributed by atoms with Crippen molar-refractivity contribution in [3.05, 3.63) is 36.6 Å². The SMILES string of the molecule is C=C/C=C\C(=C/C)OC=S.CCl. The Labute approximate surface area is 84.4 Å². The van der Waals surface area contributed by atoms with E-state index in [1.54, 1.807) is 18.2 Å². The molecule has 0 spiro atoms. The molecule has 1 nitrogen and oxygen atoms in total. The topological polar surface area (TPSA) is 9.23 Å². The lowest BCUT2D eigenvalue weighted by Crippen LogP contribution is -1.81. The normalized spacial score (nSPS) is 10.1. The number of alkyl halides is 1. The fraction of sp³-hybridized carbons (Fsp3) is 0.222. The Bertz CT molecular complexity index is 173. The van der Waals surface area contributed by atoms with Crippen LogP contribution in [0, 0.1) is 0 Å². The Morgan fingerprint density at radius 3 is 2.42 bits per heavy atom. The number of ether oxygens (including phenoxy) is 1. The highest BCUT2D eigenvalue weighted by Crippen LogP contribution is 1.96. The average Bonchev–Trinajstić information content (AvgIpc) is 2.15. The van der Waals surface area contributed by atoms with E-state index in [1.807, 2.05) is 13.0 Å². The number of hydrogen-bond donors (Lipinski definition) is 0. The molecular weight excluding hydrogens is 192 g/mol. The highest BCUT2D eigenvalue weighted by Gasteiger charge is 1.83. The molecule has 0 bridgehead atoms. The summed E-state index contributed by atoms with van der Waals surface area (Å²) in [5.74, 6) is 0.731. The van der Waals surface area contributed by atoms with Crippen LogP contribution in [0.1, 0.15) is 6.92 Å². The molecule has 0 aromatic carbocycles. The lowest BCUT2D eigenvalue weighted by Gasteiger charge is -1.95. The summed E-state index contributed by atoms with van der Waals surface area (Å²) in [6.45, 7) is 5.40. The fourth-order valence-corrected chi connectivity index (χ4v) is 0.533. The highest BCUT2D eigenvalue weighted by atomic mass is 35.5. The van der Waals surface area contributed by atoms with Gasteiger partial charge in [-0.3, -0.25) is 0 Å². The van der Waals surface area contributed by atoms with E-state index in [0.29, 0.717) is 0 Å². The lowest BCUT2D eigenvalue weighted by atomic mass is 10.4. The van der Waals surface area contributed by atoms with Crippen LogP contribution in [0.3, 0.4) is 0 Å². The van der Waals surface area contributed by atoms with Crippen LogP contribution in [0.15, 0.2) is 36.6 Å². The van der Waals surface area contributed by atoms with Gasteiger partial charge in [-0.05, 0) is 31.3 Å². The third-order valence-electron chi connectivity index (χ3n) is 0.865. The summed E-state index contributed by atoms with van der Waals surface area (Å²) in [4.78, 5) is 0. The molecule has 0 saturated heterocycles. The summed E-state index contributed by atoms with van der Waals surface area (Å²) in [6, 6.07) is 0. The maximum Gasteiger partial charge on any atom is 0.154 e. The summed E-state index contributed by atoms with van der Waals surface area (Å²) in [6.07, 6.45) is 8.54. The minimum absolute atomic E-state index is 0.731. The number of hydrogen-bond acceptors (Lipinski definition) is 2. The minimum Gasteiger partial charge on any atom is -0.454 e. The molecular formula is C9H13ClOS. The number of halogens is 1. The van der Waals surface area contributed by atoms with Crippen LogP contribution >= 0.6 is 23.8 Å². The van der Waals surface area contributed by atoms with Crippen molar-refractivity contribution in [3.8, 4) is 0 Å². The van der Waals surface area contributed by atoms with Crippen molar-refractivity contribution in [1.82, 2.24) is 0 Å². The van der Waals surface area contributed by atoms with Crippen LogP contribution in [0.25, 0.3) is 0 Å². The predicted molar refractivity (Wildman–Crippen MR) is 59.6 cm³/mol. The van der Waals surface area contributed by atoms with Gasteiger partial charge in [0.15, 0.2) is 5.55 Å². The summed E-state index contributed by atoms with van der Waals surface area (Å²) in [5, 5.41) is 0. The second-order valence-electron chi connectivity index (χ2n) is 1.50. The minimum atomic E-state index is 0.731. The molecule has 0 rings (SSSR count). The number of rotatable bonds is 4. The van der Waals surface area contributed by atoms with E-state index in [2.05, 4.69) is 30.4 Å². The molecule has 3 heteroatoms. The molecule has 0 N–H and O–H groups in total. The maximum atomic E-state index is 4.91. The molecule has 68 valence electrons. The van der Waals surface area contributed by atoms with Crippen molar-refractivity contribution in [2.75, 3.05) is 6.38 Å². The first-order valence-electron chi connectivity index (χ1n) is 3.28. The van der Waals surface area contributed by atoms with Gasteiger partial charge in [-0.25, -0.2) is 0 Å². The van der Waals surface area contributed by atoms with E-state index in [9.17, 15) is 0 Å². The molecule has 0 heterocycles. The quantitative estimate of drug-likeness (QED) is 0.300. The van der Waals surface area contributed by atoms with Crippen LogP contribution in [0.4, 0.5) is 0 Å². The van der Waals surface area contributed by atoms with Gasteiger partial charge in [0, 0.05) is 6.38 Å². The van der Waals surface area contributed by atoms with Crippen LogP contribution in [-0.2, 0) is 4.74 Å². The zero-order valence-corrected chi connectivity index (χ0v) is 8.86. The average molecular weight is 205 g/mol. The van der Waals surface area contributed by atoms with Gasteiger partial charge in [0.1, 0.15) is 5.76 Å². The molecule has 0 atom stereocenters. The van der Waals surface area contributed by atoms with E-state index >= 15 is 0 Å². The summed E-state index contributed by atoms with van der Waals surface area (Å²) in [5.41, 5.74) is 1.22. The Hall–Kier alpha value is -0.600.